The van der Waals surface area contributed by atoms with Gasteiger partial charge in [-0.05, 0) is 24.3 Å². The maximum atomic E-state index is 11.1. The first-order valence-electron chi connectivity index (χ1n) is 6.30. The van der Waals surface area contributed by atoms with Gasteiger partial charge in [0.15, 0.2) is 0 Å². The van der Waals surface area contributed by atoms with Gasteiger partial charge in [-0.1, -0.05) is 12.1 Å². The molecule has 1 heterocycles. The molecule has 7 nitrogen and oxygen atoms in total. The Morgan fingerprint density at radius 1 is 1.14 bits per heavy atom. The second-order valence-electron chi connectivity index (χ2n) is 4.40. The van der Waals surface area contributed by atoms with Crippen LogP contribution in [0.15, 0.2) is 48.8 Å². The second-order valence-corrected chi connectivity index (χ2v) is 4.40. The third kappa shape index (κ3) is 2.47. The first-order chi connectivity index (χ1) is 10.7. The quantitative estimate of drug-likeness (QED) is 0.417. The monoisotopic (exact) mass is 295 g/mol. The number of nitro groups is 1. The van der Waals surface area contributed by atoms with Gasteiger partial charge in [0, 0.05) is 11.6 Å². The van der Waals surface area contributed by atoms with Crippen LogP contribution in [0.5, 0.6) is 11.6 Å². The van der Waals surface area contributed by atoms with Crippen LogP contribution in [0, 0.1) is 10.1 Å². The van der Waals surface area contributed by atoms with Crippen molar-refractivity contribution in [3.05, 3.63) is 64.5 Å². The molecule has 0 unspecified atom stereocenters. The molecule has 1 aromatic heterocycles. The summed E-state index contributed by atoms with van der Waals surface area (Å²) in [5.41, 5.74) is 0.689. The van der Waals surface area contributed by atoms with Crippen LogP contribution in [0.2, 0.25) is 0 Å². The summed E-state index contributed by atoms with van der Waals surface area (Å²) < 4.78 is 5.57. The molecule has 0 saturated heterocycles. The first kappa shape index (κ1) is 13.6. The molecule has 108 valence electrons. The zero-order chi connectivity index (χ0) is 15.5. The van der Waals surface area contributed by atoms with Crippen molar-refractivity contribution in [1.29, 1.82) is 0 Å². The topological polar surface area (TPSA) is 95.2 Å². The number of fused-ring (bicyclic) bond motifs is 1. The van der Waals surface area contributed by atoms with E-state index in [0.29, 0.717) is 17.2 Å². The van der Waals surface area contributed by atoms with Crippen LogP contribution in [0.3, 0.4) is 0 Å². The lowest BCUT2D eigenvalue weighted by Crippen LogP contribution is -1.97. The molecule has 0 amide bonds. The van der Waals surface area contributed by atoms with Crippen LogP contribution < -0.4 is 4.74 Å². The van der Waals surface area contributed by atoms with Crippen molar-refractivity contribution in [2.24, 2.45) is 0 Å². The molecule has 0 aliphatic carbocycles. The van der Waals surface area contributed by atoms with Crippen molar-refractivity contribution in [2.75, 3.05) is 0 Å². The van der Waals surface area contributed by atoms with Gasteiger partial charge in [-0.25, -0.2) is 9.97 Å². The molecule has 22 heavy (non-hydrogen) atoms. The van der Waals surface area contributed by atoms with Gasteiger partial charge in [0.2, 0.25) is 11.6 Å². The van der Waals surface area contributed by atoms with Crippen LogP contribution in [0.4, 0.5) is 5.69 Å². The summed E-state index contributed by atoms with van der Waals surface area (Å²) >= 11 is 0. The molecule has 0 bridgehead atoms. The molecule has 3 aromatic rings. The average Bonchev–Trinajstić information content (AvgIpc) is 2.55. The van der Waals surface area contributed by atoms with E-state index in [0.717, 1.165) is 0 Å². The Morgan fingerprint density at radius 2 is 1.95 bits per heavy atom. The number of hydrogen-bond donors (Lipinski definition) is 0. The van der Waals surface area contributed by atoms with Crippen LogP contribution in [-0.4, -0.2) is 21.2 Å². The molecule has 2 aromatic carbocycles. The first-order valence-corrected chi connectivity index (χ1v) is 6.30. The third-order valence-electron chi connectivity index (χ3n) is 3.03. The lowest BCUT2D eigenvalue weighted by atomic mass is 10.2. The van der Waals surface area contributed by atoms with E-state index in [9.17, 15) is 14.9 Å². The summed E-state index contributed by atoms with van der Waals surface area (Å²) in [6, 6.07) is 11.0. The molecule has 0 N–H and O–H groups in total. The van der Waals surface area contributed by atoms with Crippen molar-refractivity contribution < 1.29 is 14.5 Å². The lowest BCUT2D eigenvalue weighted by molar-refractivity contribution is -0.385. The van der Waals surface area contributed by atoms with E-state index >= 15 is 0 Å². The van der Waals surface area contributed by atoms with Crippen LogP contribution >= 0.6 is 0 Å². The molecule has 7 heteroatoms. The van der Waals surface area contributed by atoms with Crippen LogP contribution in [0.1, 0.15) is 10.4 Å². The number of aldehydes is 1. The maximum absolute atomic E-state index is 11.1. The Labute approximate surface area is 124 Å². The summed E-state index contributed by atoms with van der Waals surface area (Å²) in [7, 11) is 0. The summed E-state index contributed by atoms with van der Waals surface area (Å²) in [6.07, 6.45) is 1.90. The number of benzene rings is 2. The van der Waals surface area contributed by atoms with E-state index in [2.05, 4.69) is 9.97 Å². The SMILES string of the molecule is O=Cc1ccc([N+](=O)[O-])c(Oc2ncnc3ccccc23)c1. The highest BCUT2D eigenvalue weighted by molar-refractivity contribution is 5.83. The van der Waals surface area contributed by atoms with Crippen molar-refractivity contribution in [1.82, 2.24) is 9.97 Å². The van der Waals surface area contributed by atoms with Crippen molar-refractivity contribution >= 4 is 22.9 Å². The zero-order valence-corrected chi connectivity index (χ0v) is 11.2. The molecule has 0 fully saturated rings. The molecule has 0 aliphatic rings. The smallest absolute Gasteiger partial charge is 0.311 e. The fourth-order valence-electron chi connectivity index (χ4n) is 2.00. The Balaban J connectivity index is 2.12. The van der Waals surface area contributed by atoms with E-state index < -0.39 is 4.92 Å². The van der Waals surface area contributed by atoms with Gasteiger partial charge < -0.3 is 4.74 Å². The highest BCUT2D eigenvalue weighted by Crippen LogP contribution is 2.33. The Kier molecular flexibility index (Phi) is 3.45. The molecule has 0 atom stereocenters. The molecular weight excluding hydrogens is 286 g/mol. The molecule has 0 aliphatic heterocycles. The summed E-state index contributed by atoms with van der Waals surface area (Å²) in [5.74, 6) is 0.148. The van der Waals surface area contributed by atoms with Crippen molar-refractivity contribution in [3.8, 4) is 11.6 Å². The predicted molar refractivity (Wildman–Crippen MR) is 78.1 cm³/mol. The van der Waals surface area contributed by atoms with Gasteiger partial charge in [0.05, 0.1) is 15.8 Å². The third-order valence-corrected chi connectivity index (χ3v) is 3.03. The standard InChI is InChI=1S/C15H9N3O4/c19-8-10-5-6-13(18(20)21)14(7-10)22-15-11-3-1-2-4-12(11)16-9-17-15/h1-9H. The number of hydrogen-bond acceptors (Lipinski definition) is 6. The number of carbonyl (C=O) groups is 1. The number of rotatable bonds is 4. The minimum Gasteiger partial charge on any atom is -0.431 e. The van der Waals surface area contributed by atoms with E-state index in [1.807, 2.05) is 6.07 Å². The van der Waals surface area contributed by atoms with Gasteiger partial charge in [-0.15, -0.1) is 0 Å². The van der Waals surface area contributed by atoms with Gasteiger partial charge >= 0.3 is 5.69 Å². The Bertz CT molecular complexity index is 874. The predicted octanol–water partition coefficient (Wildman–Crippen LogP) is 3.14. The Hall–Kier alpha value is -3.35. The lowest BCUT2D eigenvalue weighted by Gasteiger charge is -2.08. The number of nitro benzene ring substituents is 1. The fourth-order valence-corrected chi connectivity index (χ4v) is 2.00. The maximum Gasteiger partial charge on any atom is 0.311 e. The second kappa shape index (κ2) is 5.57. The zero-order valence-electron chi connectivity index (χ0n) is 11.2. The molecule has 0 spiro atoms. The summed E-state index contributed by atoms with van der Waals surface area (Å²) in [5, 5.41) is 11.7. The van der Waals surface area contributed by atoms with Crippen LogP contribution in [-0.2, 0) is 0 Å². The van der Waals surface area contributed by atoms with Gasteiger partial charge in [-0.2, -0.15) is 0 Å². The fraction of sp³-hybridized carbons (Fsp3) is 0. The normalized spacial score (nSPS) is 10.4. The summed E-state index contributed by atoms with van der Waals surface area (Å²) in [4.78, 5) is 29.5. The Morgan fingerprint density at radius 3 is 2.73 bits per heavy atom. The average molecular weight is 295 g/mol. The van der Waals surface area contributed by atoms with E-state index in [1.54, 1.807) is 18.2 Å². The van der Waals surface area contributed by atoms with Gasteiger partial charge in [0.25, 0.3) is 0 Å². The minimum atomic E-state index is -0.576. The summed E-state index contributed by atoms with van der Waals surface area (Å²) in [6.45, 7) is 0. The van der Waals surface area contributed by atoms with Crippen molar-refractivity contribution in [3.63, 3.8) is 0 Å². The van der Waals surface area contributed by atoms with E-state index in [-0.39, 0.29) is 22.9 Å². The molecule has 3 rings (SSSR count). The van der Waals surface area contributed by atoms with Crippen molar-refractivity contribution in [2.45, 2.75) is 0 Å². The van der Waals surface area contributed by atoms with Gasteiger partial charge in [-0.3, -0.25) is 14.9 Å². The van der Waals surface area contributed by atoms with Crippen LogP contribution in [0.25, 0.3) is 10.9 Å². The van der Waals surface area contributed by atoms with Gasteiger partial charge in [0.1, 0.15) is 12.6 Å². The largest absolute Gasteiger partial charge is 0.431 e. The molecule has 0 radical (unpaired) electrons. The number of aromatic nitrogens is 2. The molecular formula is C15H9N3O4. The van der Waals surface area contributed by atoms with E-state index in [4.69, 9.17) is 4.74 Å². The van der Waals surface area contributed by atoms with E-state index in [1.165, 1.54) is 24.5 Å². The number of para-hydroxylation sites is 1. The highest BCUT2D eigenvalue weighted by atomic mass is 16.6. The number of carbonyl (C=O) groups excluding carboxylic acids is 1. The number of ether oxygens (including phenoxy) is 1. The minimum absolute atomic E-state index is 0.0431. The molecule has 0 saturated carbocycles. The number of nitrogens with zero attached hydrogens (tertiary/aromatic N) is 3. The highest BCUT2D eigenvalue weighted by Gasteiger charge is 2.18.